The number of nitrogens with one attached hydrogen (secondary N) is 1. The summed E-state index contributed by atoms with van der Waals surface area (Å²) in [6, 6.07) is 14.1. The molecule has 0 aliphatic rings. The summed E-state index contributed by atoms with van der Waals surface area (Å²) in [6.45, 7) is 4.48. The third kappa shape index (κ3) is 4.64. The van der Waals surface area contributed by atoms with Crippen molar-refractivity contribution in [3.05, 3.63) is 75.9 Å². The Morgan fingerprint density at radius 3 is 2.33 bits per heavy atom. The highest BCUT2D eigenvalue weighted by Gasteiger charge is 2.18. The van der Waals surface area contributed by atoms with E-state index in [1.807, 2.05) is 32.0 Å². The summed E-state index contributed by atoms with van der Waals surface area (Å²) in [5, 5.41) is 5.06. The molecular formula is C19H19Cl2N3O2S. The first-order valence-corrected chi connectivity index (χ1v) is 10.6. The molecule has 1 heterocycles. The minimum Gasteiger partial charge on any atom is -0.265 e. The molecule has 0 atom stereocenters. The van der Waals surface area contributed by atoms with Gasteiger partial charge in [-0.15, -0.1) is 0 Å². The Morgan fingerprint density at radius 1 is 1.04 bits per heavy atom. The van der Waals surface area contributed by atoms with Crippen LogP contribution in [0, 0.1) is 0 Å². The molecule has 1 N–H and O–H groups in total. The summed E-state index contributed by atoms with van der Waals surface area (Å²) in [6.07, 6.45) is 1.56. The van der Waals surface area contributed by atoms with Gasteiger partial charge in [0, 0.05) is 11.2 Å². The van der Waals surface area contributed by atoms with Gasteiger partial charge in [0.15, 0.2) is 5.82 Å². The van der Waals surface area contributed by atoms with Crippen LogP contribution < -0.4 is 4.72 Å². The van der Waals surface area contributed by atoms with E-state index in [1.54, 1.807) is 41.2 Å². The number of rotatable bonds is 6. The molecule has 0 saturated carbocycles. The zero-order chi connectivity index (χ0) is 19.6. The van der Waals surface area contributed by atoms with Crippen LogP contribution in [0.4, 0.5) is 5.82 Å². The average Bonchev–Trinajstić information content (AvgIpc) is 2.95. The van der Waals surface area contributed by atoms with Crippen molar-refractivity contribution in [3.8, 4) is 0 Å². The van der Waals surface area contributed by atoms with Crippen LogP contribution in [0.5, 0.6) is 0 Å². The van der Waals surface area contributed by atoms with E-state index in [0.717, 1.165) is 11.1 Å². The third-order valence-corrected chi connectivity index (χ3v) is 6.10. The number of sulfonamides is 1. The molecular weight excluding hydrogens is 405 g/mol. The first-order valence-electron chi connectivity index (χ1n) is 8.35. The third-order valence-electron chi connectivity index (χ3n) is 4.10. The summed E-state index contributed by atoms with van der Waals surface area (Å²) in [7, 11) is -3.78. The van der Waals surface area contributed by atoms with Crippen LogP contribution in [0.1, 0.15) is 30.9 Å². The molecule has 0 spiro atoms. The Bertz CT molecular complexity index is 1050. The normalized spacial score (nSPS) is 11.7. The number of halogens is 2. The Balaban J connectivity index is 1.81. The molecule has 0 fully saturated rings. The molecule has 5 nitrogen and oxygen atoms in total. The van der Waals surface area contributed by atoms with Crippen molar-refractivity contribution in [1.82, 2.24) is 9.78 Å². The van der Waals surface area contributed by atoms with Crippen molar-refractivity contribution in [2.75, 3.05) is 4.72 Å². The fraction of sp³-hybridized carbons (Fsp3) is 0.211. The molecule has 27 heavy (non-hydrogen) atoms. The number of anilines is 1. The highest BCUT2D eigenvalue weighted by Crippen LogP contribution is 2.25. The van der Waals surface area contributed by atoms with Gasteiger partial charge in [-0.3, -0.25) is 9.40 Å². The summed E-state index contributed by atoms with van der Waals surface area (Å²) in [4.78, 5) is 0.156. The second-order valence-electron chi connectivity index (χ2n) is 6.44. The van der Waals surface area contributed by atoms with Gasteiger partial charge in [0.2, 0.25) is 0 Å². The van der Waals surface area contributed by atoms with Crippen molar-refractivity contribution >= 4 is 39.0 Å². The minimum absolute atomic E-state index is 0.0802. The second-order valence-corrected chi connectivity index (χ2v) is 8.94. The molecule has 3 rings (SSSR count). The van der Waals surface area contributed by atoms with Crippen LogP contribution in [0.25, 0.3) is 0 Å². The van der Waals surface area contributed by atoms with E-state index < -0.39 is 10.0 Å². The van der Waals surface area contributed by atoms with Crippen LogP contribution >= 0.6 is 23.2 Å². The average molecular weight is 424 g/mol. The molecule has 0 aliphatic carbocycles. The molecule has 8 heteroatoms. The second kappa shape index (κ2) is 7.92. The van der Waals surface area contributed by atoms with Gasteiger partial charge in [-0.1, -0.05) is 67.4 Å². The minimum atomic E-state index is -3.78. The lowest BCUT2D eigenvalue weighted by Gasteiger charge is -2.09. The van der Waals surface area contributed by atoms with Gasteiger partial charge >= 0.3 is 0 Å². The highest BCUT2D eigenvalue weighted by molar-refractivity contribution is 7.92. The Morgan fingerprint density at radius 2 is 1.70 bits per heavy atom. The van der Waals surface area contributed by atoms with Crippen LogP contribution in [0.15, 0.2) is 59.6 Å². The molecule has 0 radical (unpaired) electrons. The standard InChI is InChI=1S/C19H19Cl2N3O2S/c1-13(2)14-7-9-16(10-8-14)27(25,26)23-19-18(21)12-24(22-19)11-15-5-3-4-6-17(15)20/h3-10,12-13H,11H2,1-2H3,(H,22,23). The van der Waals surface area contributed by atoms with Crippen molar-refractivity contribution in [3.63, 3.8) is 0 Å². The largest absolute Gasteiger partial charge is 0.265 e. The summed E-state index contributed by atoms with van der Waals surface area (Å²) in [5.41, 5.74) is 1.92. The molecule has 2 aromatic carbocycles. The van der Waals surface area contributed by atoms with Crippen LogP contribution in [0.3, 0.4) is 0 Å². The van der Waals surface area contributed by atoms with Crippen LogP contribution in [-0.2, 0) is 16.6 Å². The fourth-order valence-electron chi connectivity index (χ4n) is 2.57. The smallest absolute Gasteiger partial charge is 0.263 e. The number of hydrogen-bond donors (Lipinski definition) is 1. The summed E-state index contributed by atoms with van der Waals surface area (Å²) in [5.74, 6) is 0.404. The van der Waals surface area contributed by atoms with Gasteiger partial charge < -0.3 is 0 Å². The van der Waals surface area contributed by atoms with E-state index in [9.17, 15) is 8.42 Å². The van der Waals surface area contributed by atoms with Crippen LogP contribution in [0.2, 0.25) is 10.0 Å². The number of aromatic nitrogens is 2. The lowest BCUT2D eigenvalue weighted by atomic mass is 10.0. The maximum Gasteiger partial charge on any atom is 0.263 e. The molecule has 0 amide bonds. The predicted octanol–water partition coefficient (Wildman–Crippen LogP) is 5.16. The maximum atomic E-state index is 12.6. The molecule has 0 unspecified atom stereocenters. The number of hydrogen-bond acceptors (Lipinski definition) is 3. The maximum absolute atomic E-state index is 12.6. The van der Waals surface area contributed by atoms with E-state index >= 15 is 0 Å². The van der Waals surface area contributed by atoms with Crippen LogP contribution in [-0.4, -0.2) is 18.2 Å². The Kier molecular flexibility index (Phi) is 5.79. The van der Waals surface area contributed by atoms with Gasteiger partial charge in [0.05, 0.1) is 11.4 Å². The zero-order valence-electron chi connectivity index (χ0n) is 14.9. The molecule has 1 aromatic heterocycles. The van der Waals surface area contributed by atoms with Gasteiger partial charge in [-0.05, 0) is 35.2 Å². The van der Waals surface area contributed by atoms with E-state index in [1.165, 1.54) is 0 Å². The van der Waals surface area contributed by atoms with Gasteiger partial charge in [0.1, 0.15) is 5.02 Å². The quantitative estimate of drug-likeness (QED) is 0.594. The van der Waals surface area contributed by atoms with Crippen molar-refractivity contribution in [1.29, 1.82) is 0 Å². The van der Waals surface area contributed by atoms with Gasteiger partial charge in [-0.2, -0.15) is 5.10 Å². The van der Waals surface area contributed by atoms with Crippen molar-refractivity contribution in [2.24, 2.45) is 0 Å². The summed E-state index contributed by atoms with van der Waals surface area (Å²) >= 11 is 12.3. The van der Waals surface area contributed by atoms with Crippen molar-refractivity contribution < 1.29 is 8.42 Å². The summed E-state index contributed by atoms with van der Waals surface area (Å²) < 4.78 is 29.2. The van der Waals surface area contributed by atoms with Crippen molar-refractivity contribution in [2.45, 2.75) is 31.2 Å². The van der Waals surface area contributed by atoms with E-state index in [2.05, 4.69) is 9.82 Å². The first kappa shape index (κ1) is 19.7. The molecule has 142 valence electrons. The first-order chi connectivity index (χ1) is 12.8. The number of nitrogens with zero attached hydrogens (tertiary/aromatic N) is 2. The zero-order valence-corrected chi connectivity index (χ0v) is 17.2. The van der Waals surface area contributed by atoms with E-state index in [4.69, 9.17) is 23.2 Å². The molecule has 0 bridgehead atoms. The monoisotopic (exact) mass is 423 g/mol. The fourth-order valence-corrected chi connectivity index (χ4v) is 4.03. The number of benzene rings is 2. The molecule has 3 aromatic rings. The highest BCUT2D eigenvalue weighted by atomic mass is 35.5. The predicted molar refractivity (Wildman–Crippen MR) is 109 cm³/mol. The van der Waals surface area contributed by atoms with Gasteiger partial charge in [-0.25, -0.2) is 8.42 Å². The lowest BCUT2D eigenvalue weighted by Crippen LogP contribution is -2.14. The molecule has 0 aliphatic heterocycles. The molecule has 0 saturated heterocycles. The van der Waals surface area contributed by atoms with E-state index in [0.29, 0.717) is 17.5 Å². The van der Waals surface area contributed by atoms with E-state index in [-0.39, 0.29) is 15.7 Å². The SMILES string of the molecule is CC(C)c1ccc(S(=O)(=O)Nc2nn(Cc3ccccc3Cl)cc2Cl)cc1. The van der Waals surface area contributed by atoms with Gasteiger partial charge in [0.25, 0.3) is 10.0 Å². The lowest BCUT2D eigenvalue weighted by molar-refractivity contribution is 0.600. The topological polar surface area (TPSA) is 64.0 Å². The Labute approximate surface area is 169 Å². The Hall–Kier alpha value is -2.02.